The Hall–Kier alpha value is -2.92. The molecule has 2 aromatic carbocycles. The van der Waals surface area contributed by atoms with E-state index in [0.29, 0.717) is 24.7 Å². The van der Waals surface area contributed by atoms with Crippen molar-refractivity contribution in [2.45, 2.75) is 30.3 Å². The van der Waals surface area contributed by atoms with Gasteiger partial charge in [0, 0.05) is 32.5 Å². The van der Waals surface area contributed by atoms with Crippen molar-refractivity contribution in [3.8, 4) is 0 Å². The summed E-state index contributed by atoms with van der Waals surface area (Å²) >= 11 is 0. The maximum atomic E-state index is 12.9. The molecule has 1 aliphatic heterocycles. The third kappa shape index (κ3) is 7.03. The predicted octanol–water partition coefficient (Wildman–Crippen LogP) is 3.22. The number of nitrogens with one attached hydrogen (secondary N) is 1. The van der Waals surface area contributed by atoms with Crippen LogP contribution in [0.25, 0.3) is 0 Å². The second-order valence-corrected chi connectivity index (χ2v) is 9.38. The Balaban J connectivity index is 1.45. The molecular weight excluding hydrogens is 459 g/mol. The van der Waals surface area contributed by atoms with Crippen LogP contribution in [0, 0.1) is 0 Å². The van der Waals surface area contributed by atoms with E-state index in [-0.39, 0.29) is 38.4 Å². The van der Waals surface area contributed by atoms with E-state index in [9.17, 15) is 26.4 Å². The first-order valence-corrected chi connectivity index (χ1v) is 11.8. The van der Waals surface area contributed by atoms with Gasteiger partial charge in [-0.3, -0.25) is 4.79 Å². The fourth-order valence-corrected chi connectivity index (χ4v) is 4.77. The zero-order valence-electron chi connectivity index (χ0n) is 17.7. The number of alkyl halides is 3. The number of hydrogen-bond acceptors (Lipinski definition) is 5. The van der Waals surface area contributed by atoms with Crippen LogP contribution in [-0.2, 0) is 32.3 Å². The summed E-state index contributed by atoms with van der Waals surface area (Å²) in [6.07, 6.45) is -3.42. The average molecular weight is 484 g/mol. The van der Waals surface area contributed by atoms with Crippen LogP contribution in [0.3, 0.4) is 0 Å². The van der Waals surface area contributed by atoms with E-state index in [1.165, 1.54) is 0 Å². The molecule has 0 radical (unpaired) electrons. The molecule has 1 aliphatic rings. The van der Waals surface area contributed by atoms with Crippen molar-refractivity contribution in [2.75, 3.05) is 26.2 Å². The van der Waals surface area contributed by atoms with Gasteiger partial charge in [-0.25, -0.2) is 8.42 Å². The molecule has 178 valence electrons. The molecule has 0 spiro atoms. The lowest BCUT2D eigenvalue weighted by molar-refractivity contribution is -0.137. The van der Waals surface area contributed by atoms with Crippen molar-refractivity contribution >= 4 is 21.6 Å². The molecule has 0 aliphatic carbocycles. The summed E-state index contributed by atoms with van der Waals surface area (Å²) in [5.74, 6) is -0.320. The fourth-order valence-electron chi connectivity index (χ4n) is 3.28. The molecule has 33 heavy (non-hydrogen) atoms. The number of hydrogen-bond donors (Lipinski definition) is 1. The van der Waals surface area contributed by atoms with Gasteiger partial charge >= 0.3 is 6.18 Å². The molecule has 1 saturated heterocycles. The van der Waals surface area contributed by atoms with Crippen molar-refractivity contribution in [2.24, 2.45) is 5.16 Å². The minimum Gasteiger partial charge on any atom is -0.386 e. The van der Waals surface area contributed by atoms with Gasteiger partial charge in [0.25, 0.3) is 5.91 Å². The third-order valence-corrected chi connectivity index (χ3v) is 6.96. The molecule has 3 rings (SSSR count). The highest BCUT2D eigenvalue weighted by Gasteiger charge is 2.33. The molecule has 0 unspecified atom stereocenters. The molecule has 0 atom stereocenters. The highest BCUT2D eigenvalue weighted by atomic mass is 32.2. The van der Waals surface area contributed by atoms with Crippen molar-refractivity contribution < 1.29 is 31.2 Å². The molecule has 1 amide bonds. The zero-order chi connectivity index (χ0) is 23.9. The molecule has 0 saturated carbocycles. The lowest BCUT2D eigenvalue weighted by atomic mass is 10.1. The number of amides is 1. The Bertz CT molecular complexity index is 1080. The van der Waals surface area contributed by atoms with E-state index in [0.717, 1.165) is 28.1 Å². The maximum Gasteiger partial charge on any atom is 0.416 e. The van der Waals surface area contributed by atoms with Gasteiger partial charge in [0.15, 0.2) is 6.61 Å². The quantitative estimate of drug-likeness (QED) is 0.584. The number of carbonyl (C=O) groups is 1. The number of sulfonamides is 1. The number of oxime groups is 1. The Morgan fingerprint density at radius 2 is 1.76 bits per heavy atom. The average Bonchev–Trinajstić information content (AvgIpc) is 2.80. The first-order valence-electron chi connectivity index (χ1n) is 10.3. The first-order chi connectivity index (χ1) is 15.7. The summed E-state index contributed by atoms with van der Waals surface area (Å²) in [7, 11) is -4.06. The second-order valence-electron chi connectivity index (χ2n) is 7.45. The summed E-state index contributed by atoms with van der Waals surface area (Å²) in [5.41, 5.74) is 0.673. The number of nitrogens with zero attached hydrogens (tertiary/aromatic N) is 2. The molecule has 1 fully saturated rings. The number of carbonyl (C=O) groups excluding carboxylic acids is 1. The monoisotopic (exact) mass is 483 g/mol. The van der Waals surface area contributed by atoms with E-state index in [4.69, 9.17) is 4.84 Å². The van der Waals surface area contributed by atoms with Crippen LogP contribution in [0.15, 0.2) is 64.6 Å². The Morgan fingerprint density at radius 3 is 2.42 bits per heavy atom. The van der Waals surface area contributed by atoms with Gasteiger partial charge in [0.1, 0.15) is 0 Å². The molecule has 7 nitrogen and oxygen atoms in total. The van der Waals surface area contributed by atoms with E-state index in [1.807, 2.05) is 30.3 Å². The fraction of sp³-hybridized carbons (Fsp3) is 0.364. The van der Waals surface area contributed by atoms with Gasteiger partial charge < -0.3 is 10.2 Å². The lowest BCUT2D eigenvalue weighted by Gasteiger charge is -2.26. The number of rotatable bonds is 8. The van der Waals surface area contributed by atoms with E-state index in [2.05, 4.69) is 10.5 Å². The predicted molar refractivity (Wildman–Crippen MR) is 116 cm³/mol. The van der Waals surface area contributed by atoms with Crippen molar-refractivity contribution in [3.05, 3.63) is 65.7 Å². The van der Waals surface area contributed by atoms with Gasteiger partial charge in [0.05, 0.1) is 16.2 Å². The van der Waals surface area contributed by atoms with Gasteiger partial charge in [-0.05, 0) is 30.2 Å². The topological polar surface area (TPSA) is 88.1 Å². The smallest absolute Gasteiger partial charge is 0.386 e. The van der Waals surface area contributed by atoms with Gasteiger partial charge in [-0.1, -0.05) is 41.6 Å². The van der Waals surface area contributed by atoms with Crippen molar-refractivity contribution in [1.29, 1.82) is 0 Å². The minimum absolute atomic E-state index is 0.0596. The van der Waals surface area contributed by atoms with Crippen LogP contribution < -0.4 is 5.32 Å². The Labute approximate surface area is 190 Å². The summed E-state index contributed by atoms with van der Waals surface area (Å²) in [4.78, 5) is 16.5. The maximum absolute atomic E-state index is 12.9. The molecule has 1 N–H and O–H groups in total. The first kappa shape index (κ1) is 24.7. The number of halogens is 3. The summed E-state index contributed by atoms with van der Waals surface area (Å²) in [6.45, 7) is 0.323. The van der Waals surface area contributed by atoms with Gasteiger partial charge in [-0.2, -0.15) is 17.5 Å². The minimum atomic E-state index is -4.63. The number of piperidine rings is 1. The summed E-state index contributed by atoms with van der Waals surface area (Å²) in [5, 5.41) is 6.64. The summed E-state index contributed by atoms with van der Waals surface area (Å²) < 4.78 is 65.3. The largest absolute Gasteiger partial charge is 0.416 e. The number of benzene rings is 2. The Kier molecular flexibility index (Phi) is 8.09. The normalized spacial score (nSPS) is 15.2. The second kappa shape index (κ2) is 10.8. The van der Waals surface area contributed by atoms with E-state index in [1.54, 1.807) is 0 Å². The van der Waals surface area contributed by atoms with E-state index >= 15 is 0 Å². The van der Waals surface area contributed by atoms with Crippen LogP contribution in [-0.4, -0.2) is 50.6 Å². The molecule has 1 heterocycles. The third-order valence-electron chi connectivity index (χ3n) is 5.07. The van der Waals surface area contributed by atoms with Gasteiger partial charge in [0.2, 0.25) is 10.0 Å². The zero-order valence-corrected chi connectivity index (χ0v) is 18.5. The highest BCUT2D eigenvalue weighted by molar-refractivity contribution is 7.89. The lowest BCUT2D eigenvalue weighted by Crippen LogP contribution is -2.38. The van der Waals surface area contributed by atoms with Gasteiger partial charge in [-0.15, -0.1) is 0 Å². The van der Waals surface area contributed by atoms with Crippen molar-refractivity contribution in [3.63, 3.8) is 0 Å². The molecule has 2 aromatic rings. The van der Waals surface area contributed by atoms with Crippen LogP contribution in [0.5, 0.6) is 0 Å². The molecule has 0 aromatic heterocycles. The van der Waals surface area contributed by atoms with Crippen molar-refractivity contribution in [1.82, 2.24) is 9.62 Å². The molecular formula is C22H24F3N3O4S. The standard InChI is InChI=1S/C22H24F3N3O4S/c23-22(24,25)18-7-4-8-20(15-18)33(30,31)28-13-10-19(11-14-28)27-32-16-21(29)26-12-9-17-5-2-1-3-6-17/h1-8,15H,9-14,16H2,(H,26,29). The SMILES string of the molecule is O=C(CON=C1CCN(S(=O)(=O)c2cccc(C(F)(F)F)c2)CC1)NCCc1ccccc1. The van der Waals surface area contributed by atoms with E-state index < -0.39 is 26.7 Å². The van der Waals surface area contributed by atoms with Crippen LogP contribution in [0.1, 0.15) is 24.0 Å². The Morgan fingerprint density at radius 1 is 1.06 bits per heavy atom. The summed E-state index contributed by atoms with van der Waals surface area (Å²) in [6, 6.07) is 13.4. The molecule has 0 bridgehead atoms. The van der Waals surface area contributed by atoms with Crippen LogP contribution in [0.4, 0.5) is 13.2 Å². The van der Waals surface area contributed by atoms with Crippen LogP contribution in [0.2, 0.25) is 0 Å². The highest BCUT2D eigenvalue weighted by Crippen LogP contribution is 2.31. The molecule has 11 heteroatoms. The van der Waals surface area contributed by atoms with Crippen LogP contribution >= 0.6 is 0 Å².